The van der Waals surface area contributed by atoms with Crippen LogP contribution in [0.5, 0.6) is 5.75 Å². The summed E-state index contributed by atoms with van der Waals surface area (Å²) in [5, 5.41) is 2.75. The number of amides is 1. The summed E-state index contributed by atoms with van der Waals surface area (Å²) in [4.78, 5) is 11.7. The molecule has 0 fully saturated rings. The molecule has 1 N–H and O–H groups in total. The largest absolute Gasteiger partial charge is 0.488 e. The fraction of sp³-hybridized carbons (Fsp3) is 0.316. The standard InChI is InChI=1S/C19H22INO3/c1-19(2,3)24-18(22)21-12-15-9-10-17(16(20)11-15)23-13-14-7-5-4-6-8-14/h4-11H,12-13H2,1-3H3,(H,21,22). The number of nitrogens with one attached hydrogen (secondary N) is 1. The number of halogens is 1. The van der Waals surface area contributed by atoms with E-state index in [1.807, 2.05) is 69.3 Å². The van der Waals surface area contributed by atoms with Gasteiger partial charge in [0.1, 0.15) is 18.0 Å². The van der Waals surface area contributed by atoms with Crippen LogP contribution in [0.3, 0.4) is 0 Å². The fourth-order valence-corrected chi connectivity index (χ4v) is 2.73. The van der Waals surface area contributed by atoms with Gasteiger partial charge in [-0.2, -0.15) is 0 Å². The predicted molar refractivity (Wildman–Crippen MR) is 103 cm³/mol. The Balaban J connectivity index is 1.88. The molecule has 5 heteroatoms. The maximum atomic E-state index is 11.7. The van der Waals surface area contributed by atoms with E-state index in [1.165, 1.54) is 0 Å². The van der Waals surface area contributed by atoms with Crippen molar-refractivity contribution >= 4 is 28.7 Å². The number of rotatable bonds is 5. The lowest BCUT2D eigenvalue weighted by Gasteiger charge is -2.19. The molecule has 0 aromatic heterocycles. The molecule has 0 aliphatic heterocycles. The van der Waals surface area contributed by atoms with Crippen LogP contribution in [-0.2, 0) is 17.9 Å². The smallest absolute Gasteiger partial charge is 0.407 e. The summed E-state index contributed by atoms with van der Waals surface area (Å²) >= 11 is 2.24. The SMILES string of the molecule is CC(C)(C)OC(=O)NCc1ccc(OCc2ccccc2)c(I)c1. The maximum absolute atomic E-state index is 11.7. The minimum absolute atomic E-state index is 0.415. The van der Waals surface area contributed by atoms with Crippen LogP contribution in [0.2, 0.25) is 0 Å². The van der Waals surface area contributed by atoms with Crippen LogP contribution in [0.15, 0.2) is 48.5 Å². The second-order valence-electron chi connectivity index (χ2n) is 6.39. The lowest BCUT2D eigenvalue weighted by atomic mass is 10.2. The fourth-order valence-electron chi connectivity index (χ4n) is 2.00. The van der Waals surface area contributed by atoms with Crippen LogP contribution >= 0.6 is 22.6 Å². The number of hydrogen-bond acceptors (Lipinski definition) is 3. The first-order valence-electron chi connectivity index (χ1n) is 7.75. The summed E-state index contributed by atoms with van der Waals surface area (Å²) in [6, 6.07) is 15.9. The summed E-state index contributed by atoms with van der Waals surface area (Å²) in [6.45, 7) is 6.48. The Kier molecular flexibility index (Phi) is 6.48. The van der Waals surface area contributed by atoms with Crippen molar-refractivity contribution in [3.63, 3.8) is 0 Å². The van der Waals surface area contributed by atoms with Gasteiger partial charge in [0.2, 0.25) is 0 Å². The molecule has 0 atom stereocenters. The van der Waals surface area contributed by atoms with Gasteiger partial charge in [0.25, 0.3) is 0 Å². The van der Waals surface area contributed by atoms with Crippen LogP contribution in [0.25, 0.3) is 0 Å². The first-order valence-corrected chi connectivity index (χ1v) is 8.83. The lowest BCUT2D eigenvalue weighted by molar-refractivity contribution is 0.0523. The zero-order valence-corrected chi connectivity index (χ0v) is 16.3. The summed E-state index contributed by atoms with van der Waals surface area (Å²) in [5.74, 6) is 0.834. The Morgan fingerprint density at radius 3 is 2.42 bits per heavy atom. The van der Waals surface area contributed by atoms with E-state index in [0.717, 1.165) is 20.4 Å². The number of hydrogen-bond donors (Lipinski definition) is 1. The Morgan fingerprint density at radius 1 is 1.08 bits per heavy atom. The molecule has 128 valence electrons. The second-order valence-corrected chi connectivity index (χ2v) is 7.56. The van der Waals surface area contributed by atoms with Crippen LogP contribution < -0.4 is 10.1 Å². The van der Waals surface area contributed by atoms with Gasteiger partial charge in [-0.05, 0) is 66.6 Å². The average Bonchev–Trinajstić information content (AvgIpc) is 2.51. The minimum atomic E-state index is -0.492. The Hall–Kier alpha value is -1.76. The normalized spacial score (nSPS) is 11.0. The molecule has 4 nitrogen and oxygen atoms in total. The van der Waals surface area contributed by atoms with Gasteiger partial charge in [-0.1, -0.05) is 36.4 Å². The third-order valence-electron chi connectivity index (χ3n) is 3.07. The number of carbonyl (C=O) groups is 1. The van der Waals surface area contributed by atoms with Crippen LogP contribution in [0, 0.1) is 3.57 Å². The molecule has 2 aromatic rings. The first-order chi connectivity index (χ1) is 11.3. The topological polar surface area (TPSA) is 47.6 Å². The molecule has 0 saturated heterocycles. The van der Waals surface area contributed by atoms with Gasteiger partial charge in [-0.25, -0.2) is 4.79 Å². The van der Waals surface area contributed by atoms with Gasteiger partial charge in [0.15, 0.2) is 0 Å². The molecule has 0 saturated carbocycles. The molecule has 24 heavy (non-hydrogen) atoms. The van der Waals surface area contributed by atoms with Gasteiger partial charge in [-0.3, -0.25) is 0 Å². The lowest BCUT2D eigenvalue weighted by Crippen LogP contribution is -2.32. The Morgan fingerprint density at radius 2 is 1.79 bits per heavy atom. The molecule has 0 bridgehead atoms. The van der Waals surface area contributed by atoms with E-state index in [2.05, 4.69) is 27.9 Å². The van der Waals surface area contributed by atoms with Crippen molar-refractivity contribution in [3.05, 3.63) is 63.2 Å². The van der Waals surface area contributed by atoms with Crippen LogP contribution in [0.4, 0.5) is 4.79 Å². The van der Waals surface area contributed by atoms with Crippen molar-refractivity contribution in [1.82, 2.24) is 5.32 Å². The van der Waals surface area contributed by atoms with Crippen molar-refractivity contribution in [1.29, 1.82) is 0 Å². The Labute approximate surface area is 156 Å². The van der Waals surface area contributed by atoms with Gasteiger partial charge in [0, 0.05) is 6.54 Å². The van der Waals surface area contributed by atoms with E-state index in [9.17, 15) is 4.79 Å². The van der Waals surface area contributed by atoms with Crippen LogP contribution in [0.1, 0.15) is 31.9 Å². The quantitative estimate of drug-likeness (QED) is 0.675. The van der Waals surface area contributed by atoms with Crippen molar-refractivity contribution in [2.45, 2.75) is 39.5 Å². The highest BCUT2D eigenvalue weighted by Crippen LogP contribution is 2.23. The molecule has 0 unspecified atom stereocenters. The summed E-state index contributed by atoms with van der Waals surface area (Å²) in [7, 11) is 0. The molecule has 0 radical (unpaired) electrons. The van der Waals surface area contributed by atoms with Crippen molar-refractivity contribution < 1.29 is 14.3 Å². The second kappa shape index (κ2) is 8.37. The molecule has 0 spiro atoms. The maximum Gasteiger partial charge on any atom is 0.407 e. The zero-order valence-electron chi connectivity index (χ0n) is 14.1. The van der Waals surface area contributed by atoms with Gasteiger partial charge in [0.05, 0.1) is 3.57 Å². The molecule has 0 heterocycles. The molecular formula is C19H22INO3. The van der Waals surface area contributed by atoms with Gasteiger partial charge >= 0.3 is 6.09 Å². The first kappa shape index (κ1) is 18.6. The molecule has 0 aliphatic rings. The predicted octanol–water partition coefficient (Wildman–Crippen LogP) is 4.89. The molecule has 1 amide bonds. The summed E-state index contributed by atoms with van der Waals surface area (Å²) in [5.41, 5.74) is 1.63. The highest BCUT2D eigenvalue weighted by Gasteiger charge is 2.15. The van der Waals surface area contributed by atoms with E-state index in [1.54, 1.807) is 0 Å². The third kappa shape index (κ3) is 6.39. The van der Waals surface area contributed by atoms with Crippen LogP contribution in [-0.4, -0.2) is 11.7 Å². The number of benzene rings is 2. The van der Waals surface area contributed by atoms with Crippen molar-refractivity contribution in [2.24, 2.45) is 0 Å². The van der Waals surface area contributed by atoms with Gasteiger partial charge < -0.3 is 14.8 Å². The van der Waals surface area contributed by atoms with E-state index in [-0.39, 0.29) is 0 Å². The molecule has 0 aliphatic carbocycles. The highest BCUT2D eigenvalue weighted by molar-refractivity contribution is 14.1. The molecule has 2 rings (SSSR count). The van der Waals surface area contributed by atoms with Gasteiger partial charge in [-0.15, -0.1) is 0 Å². The zero-order chi connectivity index (χ0) is 17.6. The number of ether oxygens (including phenoxy) is 2. The summed E-state index contributed by atoms with van der Waals surface area (Å²) < 4.78 is 12.1. The van der Waals surface area contributed by atoms with E-state index >= 15 is 0 Å². The Bertz CT molecular complexity index is 681. The molecule has 2 aromatic carbocycles. The summed E-state index contributed by atoms with van der Waals surface area (Å²) in [6.07, 6.45) is -0.415. The van der Waals surface area contributed by atoms with E-state index in [4.69, 9.17) is 9.47 Å². The minimum Gasteiger partial charge on any atom is -0.488 e. The average molecular weight is 439 g/mol. The van der Waals surface area contributed by atoms with Crippen molar-refractivity contribution in [2.75, 3.05) is 0 Å². The number of carbonyl (C=O) groups excluding carboxylic acids is 1. The number of alkyl carbamates (subject to hydrolysis) is 1. The molecular weight excluding hydrogens is 417 g/mol. The van der Waals surface area contributed by atoms with E-state index in [0.29, 0.717) is 13.2 Å². The highest BCUT2D eigenvalue weighted by atomic mass is 127. The van der Waals surface area contributed by atoms with E-state index < -0.39 is 11.7 Å². The van der Waals surface area contributed by atoms with Crippen molar-refractivity contribution in [3.8, 4) is 5.75 Å². The monoisotopic (exact) mass is 439 g/mol. The third-order valence-corrected chi connectivity index (χ3v) is 3.91.